The van der Waals surface area contributed by atoms with Gasteiger partial charge in [-0.15, -0.1) is 0 Å². The standard InChI is InChI=1S/C22H20N2O4/c1-25-19-3-5-21-17(9-19)7-15(13-27-21)11-23-24-12-16-8-18-10-20(26-2)4-6-22(18)28-14-16/h3-12H,13-14H2,1-2H3/b23-11+,24-12+. The number of methoxy groups -OCH3 is 2. The van der Waals surface area contributed by atoms with Crippen LogP contribution in [-0.2, 0) is 0 Å². The first kappa shape index (κ1) is 17.9. The van der Waals surface area contributed by atoms with Gasteiger partial charge in [-0.1, -0.05) is 0 Å². The molecule has 142 valence electrons. The maximum atomic E-state index is 5.73. The minimum atomic E-state index is 0.456. The highest BCUT2D eigenvalue weighted by atomic mass is 16.5. The van der Waals surface area contributed by atoms with E-state index in [0.717, 1.165) is 45.3 Å². The molecule has 6 heteroatoms. The van der Waals surface area contributed by atoms with Gasteiger partial charge in [0, 0.05) is 22.3 Å². The van der Waals surface area contributed by atoms with Crippen molar-refractivity contribution in [3.63, 3.8) is 0 Å². The molecule has 0 aliphatic carbocycles. The largest absolute Gasteiger partial charge is 0.497 e. The Bertz CT molecular complexity index is 924. The summed E-state index contributed by atoms with van der Waals surface area (Å²) in [4.78, 5) is 0. The highest BCUT2D eigenvalue weighted by molar-refractivity contribution is 5.90. The molecular weight excluding hydrogens is 356 g/mol. The number of nitrogens with zero attached hydrogens (tertiary/aromatic N) is 2. The predicted molar refractivity (Wildman–Crippen MR) is 110 cm³/mol. The van der Waals surface area contributed by atoms with Crippen LogP contribution in [0.1, 0.15) is 11.1 Å². The molecule has 0 saturated carbocycles. The van der Waals surface area contributed by atoms with Gasteiger partial charge in [-0.2, -0.15) is 10.2 Å². The quantitative estimate of drug-likeness (QED) is 0.584. The Hall–Kier alpha value is -3.54. The van der Waals surface area contributed by atoms with Crippen molar-refractivity contribution >= 4 is 24.6 Å². The predicted octanol–water partition coefficient (Wildman–Crippen LogP) is 4.01. The summed E-state index contributed by atoms with van der Waals surface area (Å²) >= 11 is 0. The van der Waals surface area contributed by atoms with Crippen molar-refractivity contribution in [2.45, 2.75) is 0 Å². The van der Waals surface area contributed by atoms with Crippen molar-refractivity contribution in [3.05, 3.63) is 58.7 Å². The molecule has 0 fully saturated rings. The Morgan fingerprint density at radius 1 is 0.750 bits per heavy atom. The van der Waals surface area contributed by atoms with Gasteiger partial charge in [-0.25, -0.2) is 0 Å². The molecule has 0 atom stereocenters. The fourth-order valence-corrected chi connectivity index (χ4v) is 2.96. The first-order valence-corrected chi connectivity index (χ1v) is 8.84. The van der Waals surface area contributed by atoms with E-state index in [9.17, 15) is 0 Å². The van der Waals surface area contributed by atoms with Gasteiger partial charge >= 0.3 is 0 Å². The van der Waals surface area contributed by atoms with Gasteiger partial charge in [0.1, 0.15) is 36.2 Å². The fourth-order valence-electron chi connectivity index (χ4n) is 2.96. The van der Waals surface area contributed by atoms with Crippen molar-refractivity contribution < 1.29 is 18.9 Å². The molecule has 2 aromatic carbocycles. The van der Waals surface area contributed by atoms with E-state index in [1.165, 1.54) is 0 Å². The molecule has 2 aliphatic rings. The van der Waals surface area contributed by atoms with E-state index in [1.807, 2.05) is 48.6 Å². The molecule has 2 aromatic rings. The van der Waals surface area contributed by atoms with Crippen LogP contribution in [0.5, 0.6) is 23.0 Å². The highest BCUT2D eigenvalue weighted by Crippen LogP contribution is 2.30. The molecular formula is C22H20N2O4. The molecule has 2 aliphatic heterocycles. The number of fused-ring (bicyclic) bond motifs is 2. The van der Waals surface area contributed by atoms with Gasteiger partial charge in [-0.05, 0) is 48.6 Å². The molecule has 6 nitrogen and oxygen atoms in total. The molecule has 28 heavy (non-hydrogen) atoms. The Labute approximate surface area is 163 Å². The lowest BCUT2D eigenvalue weighted by atomic mass is 10.1. The van der Waals surface area contributed by atoms with Crippen LogP contribution in [0.4, 0.5) is 0 Å². The van der Waals surface area contributed by atoms with Crippen LogP contribution in [0.15, 0.2) is 57.7 Å². The first-order chi connectivity index (χ1) is 13.7. The zero-order valence-electron chi connectivity index (χ0n) is 15.7. The van der Waals surface area contributed by atoms with Crippen molar-refractivity contribution in [1.29, 1.82) is 0 Å². The van der Waals surface area contributed by atoms with E-state index in [2.05, 4.69) is 10.2 Å². The van der Waals surface area contributed by atoms with Gasteiger partial charge in [0.15, 0.2) is 0 Å². The summed E-state index contributed by atoms with van der Waals surface area (Å²) in [5, 5.41) is 8.28. The third-order valence-corrected chi connectivity index (χ3v) is 4.42. The summed E-state index contributed by atoms with van der Waals surface area (Å²) in [5.74, 6) is 3.24. The Morgan fingerprint density at radius 2 is 1.21 bits per heavy atom. The van der Waals surface area contributed by atoms with Crippen LogP contribution >= 0.6 is 0 Å². The monoisotopic (exact) mass is 376 g/mol. The summed E-state index contributed by atoms with van der Waals surface area (Å²) < 4.78 is 22.0. The second kappa shape index (κ2) is 8.00. The Morgan fingerprint density at radius 3 is 1.64 bits per heavy atom. The van der Waals surface area contributed by atoms with Gasteiger partial charge < -0.3 is 18.9 Å². The van der Waals surface area contributed by atoms with Crippen LogP contribution in [0, 0.1) is 0 Å². The van der Waals surface area contributed by atoms with E-state index in [4.69, 9.17) is 18.9 Å². The van der Waals surface area contributed by atoms with Crippen LogP contribution in [0.3, 0.4) is 0 Å². The summed E-state index contributed by atoms with van der Waals surface area (Å²) in [7, 11) is 3.29. The third kappa shape index (κ3) is 3.91. The minimum Gasteiger partial charge on any atom is -0.497 e. The van der Waals surface area contributed by atoms with Crippen molar-refractivity contribution in [2.24, 2.45) is 10.2 Å². The lowest BCUT2D eigenvalue weighted by Crippen LogP contribution is -2.08. The average Bonchev–Trinajstić information content (AvgIpc) is 2.75. The zero-order valence-corrected chi connectivity index (χ0v) is 15.7. The molecule has 0 N–H and O–H groups in total. The van der Waals surface area contributed by atoms with Crippen LogP contribution < -0.4 is 18.9 Å². The lowest BCUT2D eigenvalue weighted by Gasteiger charge is -2.16. The van der Waals surface area contributed by atoms with Gasteiger partial charge in [0.05, 0.1) is 26.6 Å². The van der Waals surface area contributed by atoms with Crippen molar-refractivity contribution in [3.8, 4) is 23.0 Å². The maximum absolute atomic E-state index is 5.73. The van der Waals surface area contributed by atoms with Crippen molar-refractivity contribution in [2.75, 3.05) is 27.4 Å². The van der Waals surface area contributed by atoms with Gasteiger partial charge in [0.25, 0.3) is 0 Å². The molecule has 0 saturated heterocycles. The number of ether oxygens (including phenoxy) is 4. The smallest absolute Gasteiger partial charge is 0.127 e. The summed E-state index contributed by atoms with van der Waals surface area (Å²) in [5.41, 5.74) is 3.79. The van der Waals surface area contributed by atoms with Gasteiger partial charge in [-0.3, -0.25) is 0 Å². The zero-order chi connectivity index (χ0) is 19.3. The molecule has 0 unspecified atom stereocenters. The van der Waals surface area contributed by atoms with Crippen LogP contribution in [-0.4, -0.2) is 39.9 Å². The number of hydrogen-bond acceptors (Lipinski definition) is 6. The van der Waals surface area contributed by atoms with Crippen molar-refractivity contribution in [1.82, 2.24) is 0 Å². The molecule has 0 aromatic heterocycles. The van der Waals surface area contributed by atoms with Crippen LogP contribution in [0.25, 0.3) is 12.2 Å². The molecule has 4 rings (SSSR count). The second-order valence-electron chi connectivity index (χ2n) is 6.31. The first-order valence-electron chi connectivity index (χ1n) is 8.84. The topological polar surface area (TPSA) is 61.6 Å². The number of benzene rings is 2. The van der Waals surface area contributed by atoms with E-state index in [1.54, 1.807) is 26.6 Å². The number of rotatable bonds is 5. The van der Waals surface area contributed by atoms with Crippen LogP contribution in [0.2, 0.25) is 0 Å². The van der Waals surface area contributed by atoms with E-state index >= 15 is 0 Å². The number of hydrogen-bond donors (Lipinski definition) is 0. The molecule has 0 radical (unpaired) electrons. The maximum Gasteiger partial charge on any atom is 0.127 e. The molecule has 0 bridgehead atoms. The fraction of sp³-hybridized carbons (Fsp3) is 0.182. The molecule has 0 spiro atoms. The molecule has 0 amide bonds. The Balaban J connectivity index is 1.45. The summed E-state index contributed by atoms with van der Waals surface area (Å²) in [6.45, 7) is 0.911. The van der Waals surface area contributed by atoms with E-state index in [-0.39, 0.29) is 0 Å². The van der Waals surface area contributed by atoms with E-state index < -0.39 is 0 Å². The minimum absolute atomic E-state index is 0.456. The lowest BCUT2D eigenvalue weighted by molar-refractivity contribution is 0.351. The summed E-state index contributed by atoms with van der Waals surface area (Å²) in [6.07, 6.45) is 7.43. The van der Waals surface area contributed by atoms with E-state index in [0.29, 0.717) is 13.2 Å². The highest BCUT2D eigenvalue weighted by Gasteiger charge is 2.12. The SMILES string of the molecule is COc1ccc2c(c1)C=C(/C=N/N=C/C1=Cc3cc(OC)ccc3OC1)CO2. The second-order valence-corrected chi connectivity index (χ2v) is 6.31. The summed E-state index contributed by atoms with van der Waals surface area (Å²) in [6, 6.07) is 11.4. The average molecular weight is 376 g/mol. The third-order valence-electron chi connectivity index (χ3n) is 4.42. The normalized spacial score (nSPS) is 15.2. The molecule has 2 heterocycles. The Kier molecular flexibility index (Phi) is 5.10. The van der Waals surface area contributed by atoms with Gasteiger partial charge in [0.2, 0.25) is 0 Å².